The number of aromatic nitrogens is 3. The van der Waals surface area contributed by atoms with Crippen LogP contribution in [0, 0.1) is 0 Å². The molecule has 2 aromatic rings. The third kappa shape index (κ3) is 3.17. The normalized spacial score (nSPS) is 14.5. The molecule has 1 aliphatic heterocycles. The highest BCUT2D eigenvalue weighted by Crippen LogP contribution is 2.24. The summed E-state index contributed by atoms with van der Waals surface area (Å²) in [6, 6.07) is 0. The zero-order valence-corrected chi connectivity index (χ0v) is 12.4. The molecule has 0 spiro atoms. The van der Waals surface area contributed by atoms with Crippen molar-refractivity contribution in [1.82, 2.24) is 19.9 Å². The Hall–Kier alpha value is -2.06. The molecule has 21 heavy (non-hydrogen) atoms. The fourth-order valence-electron chi connectivity index (χ4n) is 2.33. The lowest BCUT2D eigenvalue weighted by Crippen LogP contribution is -2.37. The molecule has 8 heteroatoms. The molecule has 3 heterocycles. The van der Waals surface area contributed by atoms with Crippen LogP contribution in [0.1, 0.15) is 11.3 Å². The summed E-state index contributed by atoms with van der Waals surface area (Å²) in [7, 11) is 1.59. The van der Waals surface area contributed by atoms with E-state index in [-0.39, 0.29) is 5.91 Å². The van der Waals surface area contributed by atoms with Crippen molar-refractivity contribution < 1.29 is 9.53 Å². The van der Waals surface area contributed by atoms with Crippen LogP contribution < -0.4 is 10.1 Å². The summed E-state index contributed by atoms with van der Waals surface area (Å²) in [5.74, 6) is 0.522. The van der Waals surface area contributed by atoms with E-state index < -0.39 is 0 Å². The van der Waals surface area contributed by atoms with Gasteiger partial charge in [-0.05, 0) is 0 Å². The number of thiazole rings is 1. The molecule has 3 rings (SSSR count). The monoisotopic (exact) mass is 305 g/mol. The van der Waals surface area contributed by atoms with E-state index >= 15 is 0 Å². The van der Waals surface area contributed by atoms with Gasteiger partial charge in [-0.2, -0.15) is 0 Å². The first-order valence-electron chi connectivity index (χ1n) is 6.54. The molecular weight excluding hydrogens is 290 g/mol. The number of fused-ring (bicyclic) bond motifs is 1. The van der Waals surface area contributed by atoms with E-state index in [9.17, 15) is 4.79 Å². The molecule has 0 atom stereocenters. The molecule has 1 amide bonds. The minimum atomic E-state index is -0.0655. The summed E-state index contributed by atoms with van der Waals surface area (Å²) in [5, 5.41) is 5.24. The van der Waals surface area contributed by atoms with Gasteiger partial charge in [0, 0.05) is 36.7 Å². The lowest BCUT2D eigenvalue weighted by atomic mass is 10.1. The molecule has 1 aliphatic rings. The first kappa shape index (κ1) is 13.9. The topological polar surface area (TPSA) is 80.2 Å². The Morgan fingerprint density at radius 3 is 3.14 bits per heavy atom. The lowest BCUT2D eigenvalue weighted by molar-refractivity contribution is -0.117. The van der Waals surface area contributed by atoms with E-state index in [0.29, 0.717) is 24.1 Å². The summed E-state index contributed by atoms with van der Waals surface area (Å²) in [4.78, 5) is 26.5. The van der Waals surface area contributed by atoms with Crippen molar-refractivity contribution in [2.24, 2.45) is 0 Å². The van der Waals surface area contributed by atoms with E-state index in [2.05, 4.69) is 25.2 Å². The van der Waals surface area contributed by atoms with E-state index in [1.807, 2.05) is 5.38 Å². The van der Waals surface area contributed by atoms with Crippen LogP contribution in [0.3, 0.4) is 0 Å². The second-order valence-electron chi connectivity index (χ2n) is 4.65. The predicted molar refractivity (Wildman–Crippen MR) is 78.3 cm³/mol. The highest BCUT2D eigenvalue weighted by Gasteiger charge is 2.23. The van der Waals surface area contributed by atoms with Crippen LogP contribution in [0.5, 0.6) is 5.88 Å². The number of carbonyl (C=O) groups is 1. The maximum absolute atomic E-state index is 12.0. The number of ether oxygens (including phenoxy) is 1. The average Bonchev–Trinajstić information content (AvgIpc) is 2.99. The minimum Gasteiger partial charge on any atom is -0.481 e. The third-order valence-corrected chi connectivity index (χ3v) is 3.97. The Balaban J connectivity index is 1.64. The van der Waals surface area contributed by atoms with Gasteiger partial charge < -0.3 is 10.1 Å². The zero-order chi connectivity index (χ0) is 14.7. The first-order valence-corrected chi connectivity index (χ1v) is 7.42. The number of methoxy groups -OCH3 is 1. The molecule has 0 radical (unpaired) electrons. The molecule has 2 aromatic heterocycles. The van der Waals surface area contributed by atoms with Crippen LogP contribution in [0.15, 0.2) is 17.9 Å². The summed E-state index contributed by atoms with van der Waals surface area (Å²) in [6.45, 7) is 1.72. The van der Waals surface area contributed by atoms with E-state index in [1.54, 1.807) is 13.3 Å². The Bertz CT molecular complexity index is 617. The van der Waals surface area contributed by atoms with Crippen molar-refractivity contribution in [2.75, 3.05) is 25.5 Å². The van der Waals surface area contributed by atoms with E-state index in [1.165, 1.54) is 17.7 Å². The molecule has 1 N–H and O–H groups in total. The molecule has 7 nitrogen and oxygen atoms in total. The standard InChI is InChI=1S/C13H15N5O2S/c1-20-12-9-6-18(4-2-10(9)15-8-16-12)7-11(19)17-13-14-3-5-21-13/h3,5,8H,2,4,6-7H2,1H3,(H,14,17,19). The Morgan fingerprint density at radius 2 is 2.38 bits per heavy atom. The number of amides is 1. The second-order valence-corrected chi connectivity index (χ2v) is 5.55. The fraction of sp³-hybridized carbons (Fsp3) is 0.385. The molecule has 0 aliphatic carbocycles. The van der Waals surface area contributed by atoms with Crippen molar-refractivity contribution in [3.63, 3.8) is 0 Å². The largest absolute Gasteiger partial charge is 0.481 e. The Labute approximate surface area is 126 Å². The third-order valence-electron chi connectivity index (χ3n) is 3.28. The van der Waals surface area contributed by atoms with Crippen molar-refractivity contribution in [2.45, 2.75) is 13.0 Å². The predicted octanol–water partition coefficient (Wildman–Crippen LogP) is 0.938. The molecule has 0 bridgehead atoms. The van der Waals surface area contributed by atoms with Gasteiger partial charge in [-0.3, -0.25) is 9.69 Å². The van der Waals surface area contributed by atoms with Crippen LogP contribution >= 0.6 is 11.3 Å². The Morgan fingerprint density at radius 1 is 1.48 bits per heavy atom. The quantitative estimate of drug-likeness (QED) is 0.905. The first-order chi connectivity index (χ1) is 10.3. The average molecular weight is 305 g/mol. The SMILES string of the molecule is COc1ncnc2c1CN(CC(=O)Nc1nccs1)CC2. The van der Waals surface area contributed by atoms with E-state index in [0.717, 1.165) is 24.2 Å². The number of hydrogen-bond acceptors (Lipinski definition) is 7. The number of nitrogens with one attached hydrogen (secondary N) is 1. The lowest BCUT2D eigenvalue weighted by Gasteiger charge is -2.27. The van der Waals surface area contributed by atoms with E-state index in [4.69, 9.17) is 4.74 Å². The number of anilines is 1. The van der Waals surface area contributed by atoms with Gasteiger partial charge in [-0.15, -0.1) is 11.3 Å². The van der Waals surface area contributed by atoms with Gasteiger partial charge in [0.25, 0.3) is 0 Å². The van der Waals surface area contributed by atoms with Crippen molar-refractivity contribution in [1.29, 1.82) is 0 Å². The molecule has 0 saturated heterocycles. The summed E-state index contributed by atoms with van der Waals surface area (Å²) >= 11 is 1.41. The summed E-state index contributed by atoms with van der Waals surface area (Å²) < 4.78 is 5.26. The van der Waals surface area contributed by atoms with Gasteiger partial charge in [0.05, 0.1) is 19.3 Å². The molecule has 0 aromatic carbocycles. The van der Waals surface area contributed by atoms with Crippen LogP contribution in [-0.2, 0) is 17.8 Å². The van der Waals surface area contributed by atoms with Gasteiger partial charge in [0.1, 0.15) is 6.33 Å². The maximum Gasteiger partial charge on any atom is 0.240 e. The smallest absolute Gasteiger partial charge is 0.240 e. The van der Waals surface area contributed by atoms with Crippen molar-refractivity contribution in [3.8, 4) is 5.88 Å². The number of nitrogens with zero attached hydrogens (tertiary/aromatic N) is 4. The van der Waals surface area contributed by atoms with Crippen LogP contribution in [0.25, 0.3) is 0 Å². The molecule has 0 saturated carbocycles. The number of carbonyl (C=O) groups excluding carboxylic acids is 1. The molecule has 110 valence electrons. The van der Waals surface area contributed by atoms with Crippen molar-refractivity contribution in [3.05, 3.63) is 29.2 Å². The van der Waals surface area contributed by atoms with Gasteiger partial charge in [-0.1, -0.05) is 0 Å². The van der Waals surface area contributed by atoms with Gasteiger partial charge in [0.2, 0.25) is 11.8 Å². The van der Waals surface area contributed by atoms with Crippen LogP contribution in [0.2, 0.25) is 0 Å². The van der Waals surface area contributed by atoms with Crippen molar-refractivity contribution >= 4 is 22.4 Å². The van der Waals surface area contributed by atoms with Crippen LogP contribution in [0.4, 0.5) is 5.13 Å². The second kappa shape index (κ2) is 6.15. The Kier molecular flexibility index (Phi) is 4.07. The fourth-order valence-corrected chi connectivity index (χ4v) is 2.87. The number of rotatable bonds is 4. The molecule has 0 unspecified atom stereocenters. The van der Waals surface area contributed by atoms with Crippen LogP contribution in [-0.4, -0.2) is 46.0 Å². The zero-order valence-electron chi connectivity index (χ0n) is 11.6. The molecule has 0 fully saturated rings. The van der Waals surface area contributed by atoms with Gasteiger partial charge in [0.15, 0.2) is 5.13 Å². The summed E-state index contributed by atoms with van der Waals surface area (Å²) in [5.41, 5.74) is 1.96. The summed E-state index contributed by atoms with van der Waals surface area (Å²) in [6.07, 6.45) is 3.97. The maximum atomic E-state index is 12.0. The minimum absolute atomic E-state index is 0.0655. The number of hydrogen-bond donors (Lipinski definition) is 1. The highest BCUT2D eigenvalue weighted by atomic mass is 32.1. The molecular formula is C13H15N5O2S. The van der Waals surface area contributed by atoms with Gasteiger partial charge >= 0.3 is 0 Å². The van der Waals surface area contributed by atoms with Gasteiger partial charge in [-0.25, -0.2) is 15.0 Å². The highest BCUT2D eigenvalue weighted by molar-refractivity contribution is 7.13.